The molecule has 0 aliphatic carbocycles. The number of anilines is 1. The van der Waals surface area contributed by atoms with E-state index in [2.05, 4.69) is 46.3 Å². The fourth-order valence-corrected chi connectivity index (χ4v) is 4.90. The molecule has 2 aromatic heterocycles. The van der Waals surface area contributed by atoms with Gasteiger partial charge in [-0.1, -0.05) is 32.0 Å². The van der Waals surface area contributed by atoms with Crippen LogP contribution in [0.1, 0.15) is 46.9 Å². The molecule has 1 fully saturated rings. The van der Waals surface area contributed by atoms with Gasteiger partial charge in [0, 0.05) is 43.0 Å². The van der Waals surface area contributed by atoms with Crippen molar-refractivity contribution in [3.8, 4) is 5.82 Å². The van der Waals surface area contributed by atoms with E-state index in [9.17, 15) is 4.79 Å². The minimum absolute atomic E-state index is 0.122. The van der Waals surface area contributed by atoms with E-state index < -0.39 is 0 Å². The Balaban J connectivity index is 1.52. The molecule has 1 amide bonds. The van der Waals surface area contributed by atoms with E-state index in [4.69, 9.17) is 0 Å². The number of nitrogens with one attached hydrogen (secondary N) is 1. The minimum Gasteiger partial charge on any atom is -0.322 e. The summed E-state index contributed by atoms with van der Waals surface area (Å²) in [5.74, 6) is 3.10. The van der Waals surface area contributed by atoms with Crippen LogP contribution in [0.2, 0.25) is 0 Å². The predicted octanol–water partition coefficient (Wildman–Crippen LogP) is 4.50. The van der Waals surface area contributed by atoms with Crippen LogP contribution in [0.15, 0.2) is 48.8 Å². The van der Waals surface area contributed by atoms with Gasteiger partial charge in [0.2, 0.25) is 0 Å². The van der Waals surface area contributed by atoms with E-state index in [0.717, 1.165) is 36.6 Å². The third-order valence-electron chi connectivity index (χ3n) is 5.51. The molecule has 0 spiro atoms. The molecular weight excluding hydrogens is 406 g/mol. The van der Waals surface area contributed by atoms with Crippen molar-refractivity contribution in [2.45, 2.75) is 33.2 Å². The number of pyridine rings is 1. The summed E-state index contributed by atoms with van der Waals surface area (Å²) in [7, 11) is 0. The summed E-state index contributed by atoms with van der Waals surface area (Å²) in [5.41, 5.74) is 4.63. The largest absolute Gasteiger partial charge is 0.322 e. The topological polar surface area (TPSA) is 63.1 Å². The first-order chi connectivity index (χ1) is 15.0. The lowest BCUT2D eigenvalue weighted by atomic mass is 10.0. The standard InChI is InChI=1S/C24H29N5OS/c1-17(2)23-20(15-26-29(23)22-6-4-5-9-25-22)24(30)27-21-8-7-19(14-18(21)3)16-28-10-12-31-13-11-28/h4-9,14-15,17H,10-13,16H2,1-3H3,(H,27,30). The molecule has 1 aliphatic heterocycles. The fraction of sp³-hybridized carbons (Fsp3) is 0.375. The molecule has 1 saturated heterocycles. The normalized spacial score (nSPS) is 14.7. The molecule has 0 saturated carbocycles. The van der Waals surface area contributed by atoms with Crippen LogP contribution >= 0.6 is 11.8 Å². The Bertz CT molecular complexity index is 1040. The van der Waals surface area contributed by atoms with E-state index in [1.54, 1.807) is 17.1 Å². The molecule has 1 aliphatic rings. The average molecular weight is 436 g/mol. The highest BCUT2D eigenvalue weighted by Crippen LogP contribution is 2.25. The summed E-state index contributed by atoms with van der Waals surface area (Å²) >= 11 is 2.02. The summed E-state index contributed by atoms with van der Waals surface area (Å²) in [6, 6.07) is 12.0. The maximum atomic E-state index is 13.1. The van der Waals surface area contributed by atoms with Crippen LogP contribution in [0.5, 0.6) is 0 Å². The van der Waals surface area contributed by atoms with Crippen LogP contribution in [-0.4, -0.2) is 50.2 Å². The molecule has 31 heavy (non-hydrogen) atoms. The Morgan fingerprint density at radius 2 is 2.00 bits per heavy atom. The van der Waals surface area contributed by atoms with Crippen molar-refractivity contribution in [2.75, 3.05) is 29.9 Å². The number of amides is 1. The molecule has 0 bridgehead atoms. The quantitative estimate of drug-likeness (QED) is 0.618. The first kappa shape index (κ1) is 21.6. The average Bonchev–Trinajstić information content (AvgIpc) is 3.23. The lowest BCUT2D eigenvalue weighted by molar-refractivity contribution is 0.102. The highest BCUT2D eigenvalue weighted by atomic mass is 32.2. The van der Waals surface area contributed by atoms with Crippen molar-refractivity contribution in [1.29, 1.82) is 0 Å². The van der Waals surface area contributed by atoms with Gasteiger partial charge in [-0.25, -0.2) is 9.67 Å². The molecule has 3 heterocycles. The van der Waals surface area contributed by atoms with E-state index in [0.29, 0.717) is 11.4 Å². The van der Waals surface area contributed by atoms with Crippen LogP contribution in [0, 0.1) is 6.92 Å². The molecule has 1 aromatic carbocycles. The Morgan fingerprint density at radius 1 is 1.19 bits per heavy atom. The summed E-state index contributed by atoms with van der Waals surface area (Å²) in [6.07, 6.45) is 3.37. The highest BCUT2D eigenvalue weighted by molar-refractivity contribution is 7.99. The lowest BCUT2D eigenvalue weighted by Gasteiger charge is -2.26. The fourth-order valence-electron chi connectivity index (χ4n) is 3.92. The summed E-state index contributed by atoms with van der Waals surface area (Å²) in [4.78, 5) is 20.0. The number of aromatic nitrogens is 3. The molecule has 3 aromatic rings. The van der Waals surface area contributed by atoms with Crippen molar-refractivity contribution < 1.29 is 4.79 Å². The third-order valence-corrected chi connectivity index (χ3v) is 6.46. The predicted molar refractivity (Wildman–Crippen MR) is 127 cm³/mol. The number of carbonyl (C=O) groups is 1. The van der Waals surface area contributed by atoms with Crippen LogP contribution in [0.4, 0.5) is 5.69 Å². The Morgan fingerprint density at radius 3 is 2.68 bits per heavy atom. The molecule has 1 N–H and O–H groups in total. The number of benzene rings is 1. The number of nitrogens with zero attached hydrogens (tertiary/aromatic N) is 4. The number of rotatable bonds is 6. The van der Waals surface area contributed by atoms with E-state index in [-0.39, 0.29) is 11.8 Å². The van der Waals surface area contributed by atoms with Gasteiger partial charge >= 0.3 is 0 Å². The molecule has 0 unspecified atom stereocenters. The zero-order valence-corrected chi connectivity index (χ0v) is 19.2. The number of thioether (sulfide) groups is 1. The van der Waals surface area contributed by atoms with Gasteiger partial charge in [0.1, 0.15) is 0 Å². The molecule has 6 nitrogen and oxygen atoms in total. The second kappa shape index (κ2) is 9.66. The van der Waals surface area contributed by atoms with E-state index in [1.807, 2.05) is 43.0 Å². The summed E-state index contributed by atoms with van der Waals surface area (Å²) in [5, 5.41) is 7.55. The van der Waals surface area contributed by atoms with Gasteiger partial charge < -0.3 is 5.32 Å². The van der Waals surface area contributed by atoms with Gasteiger partial charge in [0.15, 0.2) is 5.82 Å². The molecule has 4 rings (SSSR count). The Kier molecular flexibility index (Phi) is 6.73. The second-order valence-electron chi connectivity index (χ2n) is 8.19. The minimum atomic E-state index is -0.144. The van der Waals surface area contributed by atoms with Gasteiger partial charge in [-0.05, 0) is 42.2 Å². The highest BCUT2D eigenvalue weighted by Gasteiger charge is 2.22. The van der Waals surface area contributed by atoms with Crippen LogP contribution in [0.25, 0.3) is 5.82 Å². The molecule has 0 radical (unpaired) electrons. The number of carbonyl (C=O) groups excluding carboxylic acids is 1. The monoisotopic (exact) mass is 435 g/mol. The second-order valence-corrected chi connectivity index (χ2v) is 9.41. The summed E-state index contributed by atoms with van der Waals surface area (Å²) < 4.78 is 1.76. The van der Waals surface area contributed by atoms with Gasteiger partial charge in [0.05, 0.1) is 17.5 Å². The molecule has 162 valence electrons. The number of hydrogen-bond donors (Lipinski definition) is 1. The van der Waals surface area contributed by atoms with Gasteiger partial charge in [-0.2, -0.15) is 16.9 Å². The van der Waals surface area contributed by atoms with Gasteiger partial charge in [-0.15, -0.1) is 0 Å². The first-order valence-electron chi connectivity index (χ1n) is 10.7. The van der Waals surface area contributed by atoms with Crippen molar-refractivity contribution in [2.24, 2.45) is 0 Å². The van der Waals surface area contributed by atoms with Crippen molar-refractivity contribution in [3.63, 3.8) is 0 Å². The van der Waals surface area contributed by atoms with Gasteiger partial charge in [-0.3, -0.25) is 9.69 Å². The maximum absolute atomic E-state index is 13.1. The Hall–Kier alpha value is -2.64. The SMILES string of the molecule is Cc1cc(CN2CCSCC2)ccc1NC(=O)c1cnn(-c2ccccn2)c1C(C)C. The number of aryl methyl sites for hydroxylation is 1. The Labute approximate surface area is 188 Å². The maximum Gasteiger partial charge on any atom is 0.259 e. The molecular formula is C24H29N5OS. The van der Waals surface area contributed by atoms with Crippen LogP contribution in [-0.2, 0) is 6.54 Å². The van der Waals surface area contributed by atoms with Crippen LogP contribution in [0.3, 0.4) is 0 Å². The number of hydrogen-bond acceptors (Lipinski definition) is 5. The van der Waals surface area contributed by atoms with E-state index >= 15 is 0 Å². The van der Waals surface area contributed by atoms with Crippen molar-refractivity contribution in [3.05, 3.63) is 71.2 Å². The lowest BCUT2D eigenvalue weighted by Crippen LogP contribution is -2.31. The van der Waals surface area contributed by atoms with E-state index in [1.165, 1.54) is 17.1 Å². The summed E-state index contributed by atoms with van der Waals surface area (Å²) in [6.45, 7) is 9.41. The van der Waals surface area contributed by atoms with Gasteiger partial charge in [0.25, 0.3) is 5.91 Å². The first-order valence-corrected chi connectivity index (χ1v) is 11.9. The smallest absolute Gasteiger partial charge is 0.259 e. The van der Waals surface area contributed by atoms with Crippen molar-refractivity contribution in [1.82, 2.24) is 19.7 Å². The molecule has 7 heteroatoms. The zero-order chi connectivity index (χ0) is 21.8. The van der Waals surface area contributed by atoms with Crippen molar-refractivity contribution >= 4 is 23.4 Å². The third kappa shape index (κ3) is 4.99. The molecule has 0 atom stereocenters. The zero-order valence-electron chi connectivity index (χ0n) is 18.3. The van der Waals surface area contributed by atoms with Crippen LogP contribution < -0.4 is 5.32 Å².